The second-order valence-corrected chi connectivity index (χ2v) is 9.38. The minimum atomic E-state index is -0.353. The molecule has 0 bridgehead atoms. The van der Waals surface area contributed by atoms with E-state index in [1.807, 2.05) is 36.4 Å². The predicted octanol–water partition coefficient (Wildman–Crippen LogP) is 3.24. The minimum Gasteiger partial charge on any atom is -0.368 e. The average molecular weight is 475 g/mol. The van der Waals surface area contributed by atoms with Crippen LogP contribution >= 0.6 is 23.4 Å². The SMILES string of the molecule is CC(=O)Nc1ccc(SC(C)C(=O)NCC(=O)N2CCN(c3cccc(Cl)c3)CC2)cc1. The number of hydrogen-bond acceptors (Lipinski definition) is 5. The van der Waals surface area contributed by atoms with Crippen molar-refractivity contribution in [1.29, 1.82) is 0 Å². The van der Waals surface area contributed by atoms with Gasteiger partial charge in [0.15, 0.2) is 0 Å². The van der Waals surface area contributed by atoms with Crippen molar-refractivity contribution < 1.29 is 14.4 Å². The number of piperazine rings is 1. The summed E-state index contributed by atoms with van der Waals surface area (Å²) in [4.78, 5) is 40.9. The number of hydrogen-bond donors (Lipinski definition) is 2. The normalized spacial score (nSPS) is 14.6. The molecule has 1 aliphatic rings. The highest BCUT2D eigenvalue weighted by Crippen LogP contribution is 2.25. The fraction of sp³-hybridized carbons (Fsp3) is 0.348. The van der Waals surface area contributed by atoms with Crippen molar-refractivity contribution in [1.82, 2.24) is 10.2 Å². The molecule has 1 heterocycles. The van der Waals surface area contributed by atoms with E-state index in [2.05, 4.69) is 15.5 Å². The average Bonchev–Trinajstić information content (AvgIpc) is 2.78. The zero-order chi connectivity index (χ0) is 23.1. The van der Waals surface area contributed by atoms with Gasteiger partial charge in [-0.3, -0.25) is 14.4 Å². The van der Waals surface area contributed by atoms with E-state index in [-0.39, 0.29) is 29.5 Å². The van der Waals surface area contributed by atoms with Crippen LogP contribution in [0.5, 0.6) is 0 Å². The lowest BCUT2D eigenvalue weighted by Crippen LogP contribution is -2.51. The van der Waals surface area contributed by atoms with Gasteiger partial charge in [-0.2, -0.15) is 0 Å². The van der Waals surface area contributed by atoms with Crippen LogP contribution in [0.4, 0.5) is 11.4 Å². The summed E-state index contributed by atoms with van der Waals surface area (Å²) >= 11 is 7.47. The number of nitrogens with one attached hydrogen (secondary N) is 2. The number of halogens is 1. The molecule has 0 aromatic heterocycles. The van der Waals surface area contributed by atoms with E-state index in [1.165, 1.54) is 18.7 Å². The molecule has 2 N–H and O–H groups in total. The van der Waals surface area contributed by atoms with Gasteiger partial charge >= 0.3 is 0 Å². The van der Waals surface area contributed by atoms with Crippen molar-refractivity contribution in [3.8, 4) is 0 Å². The molecule has 3 amide bonds. The second-order valence-electron chi connectivity index (χ2n) is 7.53. The zero-order valence-electron chi connectivity index (χ0n) is 18.1. The Labute approximate surface area is 197 Å². The van der Waals surface area contributed by atoms with Crippen molar-refractivity contribution in [2.24, 2.45) is 0 Å². The molecule has 1 aliphatic heterocycles. The standard InChI is InChI=1S/C23H27ClN4O3S/c1-16(32-21-8-6-19(7-9-21)26-17(2)29)23(31)25-15-22(30)28-12-10-27(11-13-28)20-5-3-4-18(24)14-20/h3-9,14,16H,10-13,15H2,1-2H3,(H,25,31)(H,26,29). The first-order chi connectivity index (χ1) is 15.3. The maximum atomic E-state index is 12.5. The van der Waals surface area contributed by atoms with Crippen molar-refractivity contribution in [3.05, 3.63) is 53.6 Å². The Morgan fingerprint density at radius 2 is 1.75 bits per heavy atom. The van der Waals surface area contributed by atoms with Gasteiger partial charge in [0.1, 0.15) is 0 Å². The molecule has 170 valence electrons. The van der Waals surface area contributed by atoms with Crippen LogP contribution < -0.4 is 15.5 Å². The monoisotopic (exact) mass is 474 g/mol. The summed E-state index contributed by atoms with van der Waals surface area (Å²) in [7, 11) is 0. The lowest BCUT2D eigenvalue weighted by molar-refractivity contribution is -0.132. The van der Waals surface area contributed by atoms with Crippen LogP contribution in [0.2, 0.25) is 5.02 Å². The predicted molar refractivity (Wildman–Crippen MR) is 129 cm³/mol. The van der Waals surface area contributed by atoms with Crippen LogP contribution in [-0.4, -0.2) is 60.6 Å². The maximum Gasteiger partial charge on any atom is 0.242 e. The molecule has 7 nitrogen and oxygen atoms in total. The van der Waals surface area contributed by atoms with Crippen molar-refractivity contribution in [2.75, 3.05) is 42.9 Å². The molecule has 1 atom stereocenters. The Bertz CT molecular complexity index is 962. The van der Waals surface area contributed by atoms with Gasteiger partial charge in [-0.25, -0.2) is 0 Å². The summed E-state index contributed by atoms with van der Waals surface area (Å²) in [6, 6.07) is 15.0. The Balaban J connectivity index is 1.41. The van der Waals surface area contributed by atoms with E-state index < -0.39 is 0 Å². The van der Waals surface area contributed by atoms with Crippen LogP contribution in [0, 0.1) is 0 Å². The molecule has 32 heavy (non-hydrogen) atoms. The van der Waals surface area contributed by atoms with Gasteiger partial charge < -0.3 is 20.4 Å². The second kappa shape index (κ2) is 11.2. The summed E-state index contributed by atoms with van der Waals surface area (Å²) in [5.74, 6) is -0.401. The molecule has 1 fully saturated rings. The molecule has 9 heteroatoms. The van der Waals surface area contributed by atoms with E-state index in [4.69, 9.17) is 11.6 Å². The highest BCUT2D eigenvalue weighted by Gasteiger charge is 2.22. The van der Waals surface area contributed by atoms with Gasteiger partial charge in [0, 0.05) is 54.4 Å². The van der Waals surface area contributed by atoms with Gasteiger partial charge in [0.2, 0.25) is 17.7 Å². The molecule has 1 unspecified atom stereocenters. The Morgan fingerprint density at radius 1 is 1.06 bits per heavy atom. The Morgan fingerprint density at radius 3 is 2.38 bits per heavy atom. The number of thioether (sulfide) groups is 1. The summed E-state index contributed by atoms with van der Waals surface area (Å²) in [6.07, 6.45) is 0. The highest BCUT2D eigenvalue weighted by atomic mass is 35.5. The fourth-order valence-electron chi connectivity index (χ4n) is 3.38. The molecule has 3 rings (SSSR count). The van der Waals surface area contributed by atoms with Crippen LogP contribution in [0.15, 0.2) is 53.4 Å². The number of carbonyl (C=O) groups excluding carboxylic acids is 3. The first kappa shape index (κ1) is 23.9. The highest BCUT2D eigenvalue weighted by molar-refractivity contribution is 8.00. The summed E-state index contributed by atoms with van der Waals surface area (Å²) in [5.41, 5.74) is 1.76. The van der Waals surface area contributed by atoms with E-state index in [0.29, 0.717) is 23.8 Å². The molecule has 1 saturated heterocycles. The van der Waals surface area contributed by atoms with Crippen molar-refractivity contribution in [3.63, 3.8) is 0 Å². The number of carbonyl (C=O) groups is 3. The molecule has 0 radical (unpaired) electrons. The number of benzene rings is 2. The molecule has 0 saturated carbocycles. The first-order valence-corrected chi connectivity index (χ1v) is 11.7. The van der Waals surface area contributed by atoms with E-state index in [9.17, 15) is 14.4 Å². The molecule has 0 aliphatic carbocycles. The third-order valence-electron chi connectivity index (χ3n) is 5.08. The Hall–Kier alpha value is -2.71. The summed E-state index contributed by atoms with van der Waals surface area (Å²) in [6.45, 7) is 5.90. The van der Waals surface area contributed by atoms with E-state index >= 15 is 0 Å². The molecule has 0 spiro atoms. The van der Waals surface area contributed by atoms with Crippen LogP contribution in [0.3, 0.4) is 0 Å². The van der Waals surface area contributed by atoms with Crippen molar-refractivity contribution >= 4 is 52.5 Å². The topological polar surface area (TPSA) is 81.8 Å². The van der Waals surface area contributed by atoms with Crippen LogP contribution in [0.25, 0.3) is 0 Å². The summed E-state index contributed by atoms with van der Waals surface area (Å²) in [5, 5.41) is 5.80. The quantitative estimate of drug-likeness (QED) is 0.602. The van der Waals surface area contributed by atoms with Crippen molar-refractivity contribution in [2.45, 2.75) is 24.0 Å². The number of nitrogens with zero attached hydrogens (tertiary/aromatic N) is 2. The van der Waals surface area contributed by atoms with Gasteiger partial charge in [0.05, 0.1) is 11.8 Å². The first-order valence-electron chi connectivity index (χ1n) is 10.4. The molecular weight excluding hydrogens is 448 g/mol. The Kier molecular flexibility index (Phi) is 8.41. The van der Waals surface area contributed by atoms with E-state index in [0.717, 1.165) is 23.7 Å². The smallest absolute Gasteiger partial charge is 0.242 e. The number of rotatable bonds is 7. The zero-order valence-corrected chi connectivity index (χ0v) is 19.7. The fourth-order valence-corrected chi connectivity index (χ4v) is 4.46. The molecule has 2 aromatic carbocycles. The van der Waals surface area contributed by atoms with Crippen LogP contribution in [0.1, 0.15) is 13.8 Å². The lowest BCUT2D eigenvalue weighted by atomic mass is 10.2. The van der Waals surface area contributed by atoms with Gasteiger partial charge in [-0.15, -0.1) is 11.8 Å². The molecular formula is C23H27ClN4O3S. The third-order valence-corrected chi connectivity index (χ3v) is 6.42. The molecule has 2 aromatic rings. The van der Waals surface area contributed by atoms with Gasteiger partial charge in [0.25, 0.3) is 0 Å². The van der Waals surface area contributed by atoms with Gasteiger partial charge in [-0.05, 0) is 49.4 Å². The third kappa shape index (κ3) is 6.90. The summed E-state index contributed by atoms with van der Waals surface area (Å²) < 4.78 is 0. The largest absolute Gasteiger partial charge is 0.368 e. The number of anilines is 2. The lowest BCUT2D eigenvalue weighted by Gasteiger charge is -2.36. The van der Waals surface area contributed by atoms with Gasteiger partial charge in [-0.1, -0.05) is 17.7 Å². The van der Waals surface area contributed by atoms with E-state index in [1.54, 1.807) is 24.0 Å². The minimum absolute atomic E-state index is 0.0115. The van der Waals surface area contributed by atoms with Crippen LogP contribution in [-0.2, 0) is 14.4 Å². The number of amides is 3. The maximum absolute atomic E-state index is 12.5.